The maximum Gasteiger partial charge on any atom is 0.253 e. The van der Waals surface area contributed by atoms with Crippen LogP contribution in [0.1, 0.15) is 51.0 Å². The van der Waals surface area contributed by atoms with Gasteiger partial charge in [-0.3, -0.25) is 9.79 Å². The molecule has 1 aliphatic heterocycles. The fourth-order valence-electron chi connectivity index (χ4n) is 3.33. The van der Waals surface area contributed by atoms with Gasteiger partial charge in [0, 0.05) is 0 Å². The molecule has 0 saturated heterocycles. The zero-order valence-corrected chi connectivity index (χ0v) is 13.2. The highest BCUT2D eigenvalue weighted by molar-refractivity contribution is 6.10. The summed E-state index contributed by atoms with van der Waals surface area (Å²) >= 11 is 0. The molecule has 118 valence electrons. The molecule has 1 N–H and O–H groups in total. The van der Waals surface area contributed by atoms with Crippen molar-refractivity contribution in [3.05, 3.63) is 35.9 Å². The van der Waals surface area contributed by atoms with Gasteiger partial charge in [0.1, 0.15) is 17.5 Å². The number of hydrogen-bond acceptors (Lipinski definition) is 3. The highest BCUT2D eigenvalue weighted by Crippen LogP contribution is 2.36. The van der Waals surface area contributed by atoms with Crippen molar-refractivity contribution in [1.82, 2.24) is 5.32 Å². The van der Waals surface area contributed by atoms with Gasteiger partial charge in [0.05, 0.1) is 6.61 Å². The fraction of sp³-hybridized carbons (Fsp3) is 0.556. The second-order valence-electron chi connectivity index (χ2n) is 6.26. The number of nitrogens with zero attached hydrogens (tertiary/aromatic N) is 1. The Labute approximate surface area is 132 Å². The van der Waals surface area contributed by atoms with Crippen molar-refractivity contribution in [3.63, 3.8) is 0 Å². The molecule has 1 fully saturated rings. The predicted octanol–water partition coefficient (Wildman–Crippen LogP) is 3.21. The van der Waals surface area contributed by atoms with E-state index in [4.69, 9.17) is 9.73 Å². The van der Waals surface area contributed by atoms with Gasteiger partial charge in [-0.15, -0.1) is 0 Å². The SMILES string of the molecule is CCCC(OCc1ccccc1)C1=NC2(CCCC2)C(=O)N1. The first-order valence-electron chi connectivity index (χ1n) is 8.30. The summed E-state index contributed by atoms with van der Waals surface area (Å²) < 4.78 is 6.06. The number of amides is 1. The van der Waals surface area contributed by atoms with Crippen LogP contribution in [0, 0.1) is 0 Å². The van der Waals surface area contributed by atoms with Crippen molar-refractivity contribution in [2.75, 3.05) is 0 Å². The van der Waals surface area contributed by atoms with Gasteiger partial charge >= 0.3 is 0 Å². The van der Waals surface area contributed by atoms with E-state index in [2.05, 4.69) is 24.4 Å². The van der Waals surface area contributed by atoms with Crippen LogP contribution in [-0.2, 0) is 16.1 Å². The highest BCUT2D eigenvalue weighted by Gasteiger charge is 2.46. The zero-order chi connectivity index (χ0) is 15.4. The van der Waals surface area contributed by atoms with Crippen LogP contribution in [0.4, 0.5) is 0 Å². The molecule has 1 atom stereocenters. The molecule has 22 heavy (non-hydrogen) atoms. The minimum Gasteiger partial charge on any atom is -0.366 e. The van der Waals surface area contributed by atoms with E-state index in [-0.39, 0.29) is 12.0 Å². The number of amidine groups is 1. The molecule has 1 spiro atoms. The van der Waals surface area contributed by atoms with Crippen LogP contribution in [0.25, 0.3) is 0 Å². The number of benzene rings is 1. The summed E-state index contributed by atoms with van der Waals surface area (Å²) in [6, 6.07) is 10.1. The average Bonchev–Trinajstić information content (AvgIpc) is 3.13. The summed E-state index contributed by atoms with van der Waals surface area (Å²) in [6.45, 7) is 2.68. The Balaban J connectivity index is 1.70. The van der Waals surface area contributed by atoms with E-state index in [0.29, 0.717) is 6.61 Å². The summed E-state index contributed by atoms with van der Waals surface area (Å²) in [5.74, 6) is 0.814. The van der Waals surface area contributed by atoms with Crippen molar-refractivity contribution in [2.24, 2.45) is 4.99 Å². The predicted molar refractivity (Wildman–Crippen MR) is 86.7 cm³/mol. The molecule has 4 heteroatoms. The fourth-order valence-corrected chi connectivity index (χ4v) is 3.33. The third-order valence-electron chi connectivity index (χ3n) is 4.58. The van der Waals surface area contributed by atoms with Crippen LogP contribution in [0.15, 0.2) is 35.3 Å². The lowest BCUT2D eigenvalue weighted by Crippen LogP contribution is -2.40. The third-order valence-corrected chi connectivity index (χ3v) is 4.58. The second kappa shape index (κ2) is 6.61. The first-order chi connectivity index (χ1) is 10.7. The Hall–Kier alpha value is -1.68. The molecule has 1 unspecified atom stereocenters. The van der Waals surface area contributed by atoms with Gasteiger partial charge in [-0.1, -0.05) is 56.5 Å². The van der Waals surface area contributed by atoms with Crippen LogP contribution in [0.2, 0.25) is 0 Å². The Morgan fingerprint density at radius 3 is 2.68 bits per heavy atom. The van der Waals surface area contributed by atoms with Gasteiger partial charge in [0.25, 0.3) is 5.91 Å². The summed E-state index contributed by atoms with van der Waals surface area (Å²) in [6.07, 6.45) is 5.69. The quantitative estimate of drug-likeness (QED) is 0.877. The molecule has 2 aliphatic rings. The smallest absolute Gasteiger partial charge is 0.253 e. The van der Waals surface area contributed by atoms with E-state index in [1.165, 1.54) is 0 Å². The van der Waals surface area contributed by atoms with Crippen molar-refractivity contribution in [3.8, 4) is 0 Å². The van der Waals surface area contributed by atoms with Crippen LogP contribution >= 0.6 is 0 Å². The Bertz CT molecular complexity index is 547. The van der Waals surface area contributed by atoms with Gasteiger partial charge in [0.2, 0.25) is 0 Å². The number of nitrogens with one attached hydrogen (secondary N) is 1. The number of aliphatic imine (C=N–C) groups is 1. The molecule has 1 aromatic rings. The maximum absolute atomic E-state index is 12.3. The molecule has 1 aliphatic carbocycles. The van der Waals surface area contributed by atoms with E-state index in [0.717, 1.165) is 49.9 Å². The van der Waals surface area contributed by atoms with Crippen molar-refractivity contribution in [1.29, 1.82) is 0 Å². The summed E-state index contributed by atoms with van der Waals surface area (Å²) in [4.78, 5) is 17.1. The third kappa shape index (κ3) is 3.07. The highest BCUT2D eigenvalue weighted by atomic mass is 16.5. The summed E-state index contributed by atoms with van der Waals surface area (Å²) in [7, 11) is 0. The maximum atomic E-state index is 12.3. The Kier molecular flexibility index (Phi) is 4.57. The number of hydrogen-bond donors (Lipinski definition) is 1. The van der Waals surface area contributed by atoms with Gasteiger partial charge in [-0.25, -0.2) is 0 Å². The van der Waals surface area contributed by atoms with Crippen LogP contribution in [0.5, 0.6) is 0 Å². The molecule has 3 rings (SSSR count). The van der Waals surface area contributed by atoms with E-state index >= 15 is 0 Å². The largest absolute Gasteiger partial charge is 0.366 e. The van der Waals surface area contributed by atoms with E-state index in [1.807, 2.05) is 18.2 Å². The van der Waals surface area contributed by atoms with Gasteiger partial charge in [0.15, 0.2) is 0 Å². The lowest BCUT2D eigenvalue weighted by Gasteiger charge is -2.17. The van der Waals surface area contributed by atoms with E-state index in [1.54, 1.807) is 0 Å². The molecule has 0 radical (unpaired) electrons. The molecule has 0 aromatic heterocycles. The summed E-state index contributed by atoms with van der Waals surface area (Å²) in [5, 5.41) is 2.99. The molecular weight excluding hydrogens is 276 g/mol. The van der Waals surface area contributed by atoms with E-state index in [9.17, 15) is 4.79 Å². The van der Waals surface area contributed by atoms with Crippen molar-refractivity contribution < 1.29 is 9.53 Å². The van der Waals surface area contributed by atoms with Gasteiger partial charge in [-0.05, 0) is 24.8 Å². The Morgan fingerprint density at radius 1 is 1.27 bits per heavy atom. The first-order valence-corrected chi connectivity index (χ1v) is 8.30. The Morgan fingerprint density at radius 2 is 2.00 bits per heavy atom. The normalized spacial score (nSPS) is 21.0. The monoisotopic (exact) mass is 300 g/mol. The van der Waals surface area contributed by atoms with Crippen LogP contribution in [0.3, 0.4) is 0 Å². The van der Waals surface area contributed by atoms with Crippen LogP contribution in [-0.4, -0.2) is 23.4 Å². The first kappa shape index (κ1) is 15.2. The number of carbonyl (C=O) groups is 1. The average molecular weight is 300 g/mol. The molecule has 1 saturated carbocycles. The zero-order valence-electron chi connectivity index (χ0n) is 13.2. The van der Waals surface area contributed by atoms with Crippen LogP contribution < -0.4 is 5.32 Å². The molecule has 4 nitrogen and oxygen atoms in total. The van der Waals surface area contributed by atoms with Gasteiger partial charge < -0.3 is 10.1 Å². The number of rotatable bonds is 6. The topological polar surface area (TPSA) is 50.7 Å². The van der Waals surface area contributed by atoms with Crippen molar-refractivity contribution in [2.45, 2.75) is 63.7 Å². The number of carbonyl (C=O) groups excluding carboxylic acids is 1. The summed E-state index contributed by atoms with van der Waals surface area (Å²) in [5.41, 5.74) is 0.654. The molecule has 0 bridgehead atoms. The minimum atomic E-state index is -0.489. The van der Waals surface area contributed by atoms with E-state index < -0.39 is 5.54 Å². The number of ether oxygens (including phenoxy) is 1. The standard InChI is InChI=1S/C18H24N2O2/c1-2-8-15(22-13-14-9-4-3-5-10-14)16-19-17(21)18(20-16)11-6-7-12-18/h3-5,9-10,15H,2,6-8,11-13H2,1H3,(H,19,20,21). The van der Waals surface area contributed by atoms with Crippen molar-refractivity contribution >= 4 is 11.7 Å². The lowest BCUT2D eigenvalue weighted by molar-refractivity contribution is -0.123. The molecule has 1 amide bonds. The van der Waals surface area contributed by atoms with Gasteiger partial charge in [-0.2, -0.15) is 0 Å². The molecule has 1 heterocycles. The molecule has 1 aromatic carbocycles. The molecular formula is C18H24N2O2. The lowest BCUT2D eigenvalue weighted by atomic mass is 9.99. The minimum absolute atomic E-state index is 0.0735. The second-order valence-corrected chi connectivity index (χ2v) is 6.26.